The van der Waals surface area contributed by atoms with Crippen LogP contribution in [0, 0.1) is 11.6 Å². The monoisotopic (exact) mass is 499 g/mol. The van der Waals surface area contributed by atoms with E-state index in [0.717, 1.165) is 17.7 Å². The summed E-state index contributed by atoms with van der Waals surface area (Å²) in [5, 5.41) is 13.8. The summed E-state index contributed by atoms with van der Waals surface area (Å²) in [4.78, 5) is 16.8. The van der Waals surface area contributed by atoms with Gasteiger partial charge in [0.05, 0.1) is 24.1 Å². The average Bonchev–Trinajstić information content (AvgIpc) is 3.47. The number of thiazole rings is 1. The summed E-state index contributed by atoms with van der Waals surface area (Å²) >= 11 is 2.42. The van der Waals surface area contributed by atoms with Crippen LogP contribution in [0.4, 0.5) is 13.9 Å². The molecule has 4 aromatic rings. The van der Waals surface area contributed by atoms with Crippen molar-refractivity contribution in [3.63, 3.8) is 0 Å². The molecule has 7 nitrogen and oxygen atoms in total. The first-order valence-corrected chi connectivity index (χ1v) is 11.9. The molecule has 0 saturated carbocycles. The number of ether oxygens (including phenoxy) is 1. The van der Waals surface area contributed by atoms with E-state index < -0.39 is 11.6 Å². The van der Waals surface area contributed by atoms with Gasteiger partial charge in [0.25, 0.3) is 0 Å². The van der Waals surface area contributed by atoms with Crippen LogP contribution in [0.1, 0.15) is 0 Å². The molecule has 0 atom stereocenters. The number of para-hydroxylation sites is 1. The fourth-order valence-electron chi connectivity index (χ4n) is 3.12. The molecule has 4 rings (SSSR count). The first-order chi connectivity index (χ1) is 16.5. The van der Waals surface area contributed by atoms with Gasteiger partial charge in [0, 0.05) is 17.5 Å². The SMILES string of the molecule is C=CCn1c(SCC(=O)Nc2nc(-c3ccc(F)c(F)c3)cs2)nnc1-c1ccccc1OC. The number of carbonyl (C=O) groups excluding carboxylic acids is 1. The van der Waals surface area contributed by atoms with Crippen LogP contribution < -0.4 is 10.1 Å². The van der Waals surface area contributed by atoms with Gasteiger partial charge in [0.2, 0.25) is 5.91 Å². The number of hydrogen-bond acceptors (Lipinski definition) is 7. The number of amides is 1. The van der Waals surface area contributed by atoms with Crippen molar-refractivity contribution in [1.82, 2.24) is 19.7 Å². The molecule has 2 heterocycles. The summed E-state index contributed by atoms with van der Waals surface area (Å²) in [6, 6.07) is 11.0. The highest BCUT2D eigenvalue weighted by atomic mass is 32.2. The van der Waals surface area contributed by atoms with E-state index in [2.05, 4.69) is 27.1 Å². The largest absolute Gasteiger partial charge is 0.496 e. The van der Waals surface area contributed by atoms with Crippen LogP contribution in [0.5, 0.6) is 5.75 Å². The highest BCUT2D eigenvalue weighted by molar-refractivity contribution is 7.99. The van der Waals surface area contributed by atoms with Crippen molar-refractivity contribution in [2.45, 2.75) is 11.7 Å². The molecule has 0 saturated heterocycles. The van der Waals surface area contributed by atoms with Crippen LogP contribution in [-0.4, -0.2) is 38.5 Å². The summed E-state index contributed by atoms with van der Waals surface area (Å²) in [6.45, 7) is 4.25. The number of allylic oxidation sites excluding steroid dienone is 1. The summed E-state index contributed by atoms with van der Waals surface area (Å²) in [5.41, 5.74) is 1.65. The first kappa shape index (κ1) is 23.6. The van der Waals surface area contributed by atoms with Crippen molar-refractivity contribution in [2.24, 2.45) is 0 Å². The third-order valence-corrected chi connectivity index (χ3v) is 6.40. The van der Waals surface area contributed by atoms with Crippen molar-refractivity contribution >= 4 is 34.1 Å². The molecule has 11 heteroatoms. The molecule has 174 valence electrons. The number of hydrogen-bond donors (Lipinski definition) is 1. The Morgan fingerprint density at radius 1 is 1.24 bits per heavy atom. The molecule has 2 aromatic carbocycles. The molecule has 0 fully saturated rings. The van der Waals surface area contributed by atoms with Crippen molar-refractivity contribution in [1.29, 1.82) is 0 Å². The van der Waals surface area contributed by atoms with Gasteiger partial charge in [0.15, 0.2) is 27.7 Å². The minimum absolute atomic E-state index is 0.0707. The van der Waals surface area contributed by atoms with Gasteiger partial charge in [-0.05, 0) is 30.3 Å². The third kappa shape index (κ3) is 5.15. The predicted octanol–water partition coefficient (Wildman–Crippen LogP) is 5.27. The number of rotatable bonds is 9. The normalized spacial score (nSPS) is 10.8. The van der Waals surface area contributed by atoms with E-state index in [0.29, 0.717) is 39.7 Å². The number of nitrogens with zero attached hydrogens (tertiary/aromatic N) is 4. The molecule has 0 aliphatic heterocycles. The lowest BCUT2D eigenvalue weighted by molar-refractivity contribution is -0.113. The molecule has 0 aliphatic carbocycles. The van der Waals surface area contributed by atoms with E-state index >= 15 is 0 Å². The Hall–Kier alpha value is -3.57. The number of carbonyl (C=O) groups is 1. The van der Waals surface area contributed by atoms with Gasteiger partial charge in [-0.1, -0.05) is 30.0 Å². The Balaban J connectivity index is 1.44. The topological polar surface area (TPSA) is 81.9 Å². The Bertz CT molecular complexity index is 1340. The maximum atomic E-state index is 13.5. The standard InChI is InChI=1S/C23H19F2N5O2S2/c1-3-10-30-21(15-6-4-5-7-19(15)32-2)28-29-23(30)34-13-20(31)27-22-26-18(12-33-22)14-8-9-16(24)17(25)11-14/h3-9,11-12H,1,10,13H2,2H3,(H,26,27,31). The number of aromatic nitrogens is 4. The number of nitrogens with one attached hydrogen (secondary N) is 1. The van der Waals surface area contributed by atoms with Gasteiger partial charge in [0.1, 0.15) is 5.75 Å². The fraction of sp³-hybridized carbons (Fsp3) is 0.130. The molecule has 0 bridgehead atoms. The first-order valence-electron chi connectivity index (χ1n) is 10.0. The van der Waals surface area contributed by atoms with E-state index in [1.54, 1.807) is 18.6 Å². The van der Waals surface area contributed by atoms with Gasteiger partial charge in [-0.3, -0.25) is 9.36 Å². The molecule has 1 N–H and O–H groups in total. The Morgan fingerprint density at radius 3 is 2.82 bits per heavy atom. The van der Waals surface area contributed by atoms with Gasteiger partial charge < -0.3 is 10.1 Å². The summed E-state index contributed by atoms with van der Waals surface area (Å²) in [6.07, 6.45) is 1.72. The van der Waals surface area contributed by atoms with E-state index in [1.807, 2.05) is 28.8 Å². The van der Waals surface area contributed by atoms with Crippen LogP contribution in [-0.2, 0) is 11.3 Å². The van der Waals surface area contributed by atoms with Gasteiger partial charge in [-0.25, -0.2) is 13.8 Å². The van der Waals surface area contributed by atoms with Crippen LogP contribution >= 0.6 is 23.1 Å². The fourth-order valence-corrected chi connectivity index (χ4v) is 4.61. The molecular formula is C23H19F2N5O2S2. The maximum absolute atomic E-state index is 13.5. The zero-order chi connectivity index (χ0) is 24.1. The van der Waals surface area contributed by atoms with Crippen LogP contribution in [0.2, 0.25) is 0 Å². The van der Waals surface area contributed by atoms with Crippen molar-refractivity contribution in [3.8, 4) is 28.4 Å². The Labute approximate surface area is 202 Å². The van der Waals surface area contributed by atoms with Crippen LogP contribution in [0.3, 0.4) is 0 Å². The molecule has 0 spiro atoms. The molecular weight excluding hydrogens is 480 g/mol. The molecule has 0 aliphatic rings. The highest BCUT2D eigenvalue weighted by Crippen LogP contribution is 2.31. The second-order valence-electron chi connectivity index (χ2n) is 6.91. The molecule has 2 aromatic heterocycles. The number of halogens is 2. The molecule has 1 amide bonds. The summed E-state index contributed by atoms with van der Waals surface area (Å²) in [5.74, 6) is -0.831. The minimum atomic E-state index is -0.955. The van der Waals surface area contributed by atoms with Crippen LogP contribution in [0.15, 0.2) is 65.7 Å². The second-order valence-corrected chi connectivity index (χ2v) is 8.71. The lowest BCUT2D eigenvalue weighted by Crippen LogP contribution is -2.14. The number of methoxy groups -OCH3 is 1. The lowest BCUT2D eigenvalue weighted by atomic mass is 10.2. The number of benzene rings is 2. The third-order valence-electron chi connectivity index (χ3n) is 4.67. The Kier molecular flexibility index (Phi) is 7.33. The average molecular weight is 500 g/mol. The van der Waals surface area contributed by atoms with E-state index in [9.17, 15) is 13.6 Å². The minimum Gasteiger partial charge on any atom is -0.496 e. The van der Waals surface area contributed by atoms with Gasteiger partial charge >= 0.3 is 0 Å². The highest BCUT2D eigenvalue weighted by Gasteiger charge is 2.18. The second kappa shape index (κ2) is 10.6. The van der Waals surface area contributed by atoms with E-state index in [-0.39, 0.29) is 11.7 Å². The van der Waals surface area contributed by atoms with Crippen molar-refractivity contribution in [3.05, 3.63) is 72.1 Å². The zero-order valence-electron chi connectivity index (χ0n) is 18.0. The number of anilines is 1. The van der Waals surface area contributed by atoms with Crippen LogP contribution in [0.25, 0.3) is 22.6 Å². The number of thioether (sulfide) groups is 1. The molecule has 34 heavy (non-hydrogen) atoms. The quantitative estimate of drug-likeness (QED) is 0.250. The smallest absolute Gasteiger partial charge is 0.236 e. The van der Waals surface area contributed by atoms with E-state index in [4.69, 9.17) is 4.74 Å². The van der Waals surface area contributed by atoms with Crippen molar-refractivity contribution in [2.75, 3.05) is 18.2 Å². The van der Waals surface area contributed by atoms with Gasteiger partial charge in [-0.2, -0.15) is 0 Å². The molecule has 0 unspecified atom stereocenters. The zero-order valence-corrected chi connectivity index (χ0v) is 19.6. The lowest BCUT2D eigenvalue weighted by Gasteiger charge is -2.10. The Morgan fingerprint density at radius 2 is 2.06 bits per heavy atom. The summed E-state index contributed by atoms with van der Waals surface area (Å²) in [7, 11) is 1.59. The van der Waals surface area contributed by atoms with Crippen molar-refractivity contribution < 1.29 is 18.3 Å². The van der Waals surface area contributed by atoms with E-state index in [1.165, 1.54) is 29.2 Å². The van der Waals surface area contributed by atoms with Gasteiger partial charge in [-0.15, -0.1) is 28.1 Å². The molecule has 0 radical (unpaired) electrons. The maximum Gasteiger partial charge on any atom is 0.236 e. The summed E-state index contributed by atoms with van der Waals surface area (Å²) < 4.78 is 33.9. The predicted molar refractivity (Wildman–Crippen MR) is 129 cm³/mol.